The first-order chi connectivity index (χ1) is 11.5. The maximum absolute atomic E-state index is 11.8. The molecule has 1 aromatic heterocycles. The molecule has 1 saturated heterocycles. The highest BCUT2D eigenvalue weighted by atomic mass is 16.5. The Hall–Kier alpha value is -2.62. The number of nitrogens with one attached hydrogen (secondary N) is 1. The summed E-state index contributed by atoms with van der Waals surface area (Å²) in [4.78, 5) is 16.4. The number of carbonyl (C=O) groups is 1. The van der Waals surface area contributed by atoms with Gasteiger partial charge in [-0.05, 0) is 51.0 Å². The van der Waals surface area contributed by atoms with Crippen molar-refractivity contribution in [3.05, 3.63) is 58.4 Å². The highest BCUT2D eigenvalue weighted by molar-refractivity contribution is 5.92. The van der Waals surface area contributed by atoms with E-state index in [1.54, 1.807) is 6.20 Å². The zero-order valence-corrected chi connectivity index (χ0v) is 14.6. The number of ether oxygens (including phenoxy) is 1. The van der Waals surface area contributed by atoms with Gasteiger partial charge in [0.25, 0.3) is 0 Å². The predicted octanol–water partition coefficient (Wildman–Crippen LogP) is 4.31. The third-order valence-corrected chi connectivity index (χ3v) is 4.33. The second kappa shape index (κ2) is 6.48. The van der Waals surface area contributed by atoms with Crippen LogP contribution in [0.4, 0.5) is 5.69 Å². The van der Waals surface area contributed by atoms with E-state index in [9.17, 15) is 4.79 Å². The summed E-state index contributed by atoms with van der Waals surface area (Å²) >= 11 is 0. The molecule has 0 atom stereocenters. The second-order valence-electron chi connectivity index (χ2n) is 6.29. The van der Waals surface area contributed by atoms with Crippen LogP contribution in [0, 0.1) is 20.8 Å². The van der Waals surface area contributed by atoms with E-state index < -0.39 is 0 Å². The van der Waals surface area contributed by atoms with E-state index in [2.05, 4.69) is 43.2 Å². The molecule has 4 heteroatoms. The van der Waals surface area contributed by atoms with Crippen molar-refractivity contribution in [1.29, 1.82) is 0 Å². The summed E-state index contributed by atoms with van der Waals surface area (Å²) < 4.78 is 5.04. The SMILES string of the molecule is CC(Nc1cccnc1-c1c(C)cc(C)cc1C)=C1CCOC1=O. The van der Waals surface area contributed by atoms with Gasteiger partial charge in [0.2, 0.25) is 0 Å². The van der Waals surface area contributed by atoms with Gasteiger partial charge in [0, 0.05) is 23.9 Å². The van der Waals surface area contributed by atoms with Crippen LogP contribution in [0.2, 0.25) is 0 Å². The van der Waals surface area contributed by atoms with Crippen molar-refractivity contribution in [2.24, 2.45) is 0 Å². The van der Waals surface area contributed by atoms with Gasteiger partial charge < -0.3 is 10.1 Å². The van der Waals surface area contributed by atoms with Gasteiger partial charge in [0.15, 0.2) is 0 Å². The molecular weight excluding hydrogens is 300 g/mol. The van der Waals surface area contributed by atoms with E-state index >= 15 is 0 Å². The number of aryl methyl sites for hydroxylation is 3. The van der Waals surface area contributed by atoms with E-state index in [1.807, 2.05) is 19.1 Å². The summed E-state index contributed by atoms with van der Waals surface area (Å²) in [6.07, 6.45) is 2.45. The molecule has 0 radical (unpaired) electrons. The Balaban J connectivity index is 2.05. The van der Waals surface area contributed by atoms with Gasteiger partial charge in [-0.2, -0.15) is 0 Å². The van der Waals surface area contributed by atoms with Crippen LogP contribution in [0.25, 0.3) is 11.3 Å². The van der Waals surface area contributed by atoms with Gasteiger partial charge in [0.1, 0.15) is 0 Å². The van der Waals surface area contributed by atoms with E-state index in [0.29, 0.717) is 18.6 Å². The van der Waals surface area contributed by atoms with Crippen LogP contribution in [0.15, 0.2) is 41.7 Å². The highest BCUT2D eigenvalue weighted by Crippen LogP contribution is 2.33. The number of carbonyl (C=O) groups excluding carboxylic acids is 1. The molecule has 0 bridgehead atoms. The van der Waals surface area contributed by atoms with Crippen LogP contribution in [0.3, 0.4) is 0 Å². The number of esters is 1. The summed E-state index contributed by atoms with van der Waals surface area (Å²) in [5.41, 5.74) is 8.11. The molecular formula is C20H22N2O2. The first-order valence-corrected chi connectivity index (χ1v) is 8.14. The fourth-order valence-corrected chi connectivity index (χ4v) is 3.31. The van der Waals surface area contributed by atoms with E-state index in [-0.39, 0.29) is 5.97 Å². The standard InChI is InChI=1S/C20H22N2O2/c1-12-10-13(2)18(14(3)11-12)19-17(6-5-8-21-19)22-15(4)16-7-9-24-20(16)23/h5-6,8,10-11,22H,7,9H2,1-4H3. The fourth-order valence-electron chi connectivity index (χ4n) is 3.31. The molecule has 0 unspecified atom stereocenters. The molecule has 1 aliphatic rings. The van der Waals surface area contributed by atoms with Crippen molar-refractivity contribution in [2.45, 2.75) is 34.1 Å². The Kier molecular flexibility index (Phi) is 4.38. The van der Waals surface area contributed by atoms with Crippen molar-refractivity contribution in [2.75, 3.05) is 11.9 Å². The molecule has 0 amide bonds. The van der Waals surface area contributed by atoms with Crippen LogP contribution >= 0.6 is 0 Å². The number of hydrogen-bond donors (Lipinski definition) is 1. The second-order valence-corrected chi connectivity index (χ2v) is 6.29. The van der Waals surface area contributed by atoms with Gasteiger partial charge in [-0.15, -0.1) is 0 Å². The quantitative estimate of drug-likeness (QED) is 0.676. The van der Waals surface area contributed by atoms with Crippen molar-refractivity contribution in [3.8, 4) is 11.3 Å². The van der Waals surface area contributed by atoms with Gasteiger partial charge in [-0.25, -0.2) is 4.79 Å². The summed E-state index contributed by atoms with van der Waals surface area (Å²) in [5.74, 6) is -0.229. The molecule has 2 heterocycles. The molecule has 1 fully saturated rings. The first-order valence-electron chi connectivity index (χ1n) is 8.14. The molecule has 1 N–H and O–H groups in total. The molecule has 4 nitrogen and oxygen atoms in total. The zero-order valence-electron chi connectivity index (χ0n) is 14.6. The summed E-state index contributed by atoms with van der Waals surface area (Å²) in [6.45, 7) is 8.68. The van der Waals surface area contributed by atoms with Crippen LogP contribution in [-0.2, 0) is 9.53 Å². The summed E-state index contributed by atoms with van der Waals surface area (Å²) in [7, 11) is 0. The Bertz CT molecular complexity index is 814. The lowest BCUT2D eigenvalue weighted by Gasteiger charge is -2.16. The maximum Gasteiger partial charge on any atom is 0.335 e. The lowest BCUT2D eigenvalue weighted by molar-refractivity contribution is -0.135. The zero-order chi connectivity index (χ0) is 17.3. The average molecular weight is 322 g/mol. The van der Waals surface area contributed by atoms with Gasteiger partial charge in [-0.1, -0.05) is 17.7 Å². The number of rotatable bonds is 3. The van der Waals surface area contributed by atoms with Crippen molar-refractivity contribution < 1.29 is 9.53 Å². The molecule has 0 aliphatic carbocycles. The van der Waals surface area contributed by atoms with E-state index in [4.69, 9.17) is 4.74 Å². The van der Waals surface area contributed by atoms with E-state index in [0.717, 1.165) is 22.6 Å². The van der Waals surface area contributed by atoms with Crippen molar-refractivity contribution in [3.63, 3.8) is 0 Å². The molecule has 1 aliphatic heterocycles. The Morgan fingerprint density at radius 2 is 1.92 bits per heavy atom. The van der Waals surface area contributed by atoms with Gasteiger partial charge in [-0.3, -0.25) is 4.98 Å². The minimum absolute atomic E-state index is 0.229. The lowest BCUT2D eigenvalue weighted by Crippen LogP contribution is -2.06. The first kappa shape index (κ1) is 16.2. The third kappa shape index (κ3) is 3.04. The van der Waals surface area contributed by atoms with E-state index in [1.165, 1.54) is 16.7 Å². The average Bonchev–Trinajstić information content (AvgIpc) is 2.94. The molecule has 124 valence electrons. The molecule has 3 rings (SSSR count). The van der Waals surface area contributed by atoms with Crippen molar-refractivity contribution >= 4 is 11.7 Å². The van der Waals surface area contributed by atoms with Crippen LogP contribution in [0.5, 0.6) is 0 Å². The normalized spacial score (nSPS) is 16.1. The number of benzene rings is 1. The number of pyridine rings is 1. The minimum Gasteiger partial charge on any atom is -0.462 e. The topological polar surface area (TPSA) is 51.2 Å². The number of cyclic esters (lactones) is 1. The molecule has 2 aromatic rings. The molecule has 1 aromatic carbocycles. The number of allylic oxidation sites excluding steroid dienone is 1. The number of nitrogens with zero attached hydrogens (tertiary/aromatic N) is 1. The summed E-state index contributed by atoms with van der Waals surface area (Å²) in [6, 6.07) is 8.22. The van der Waals surface area contributed by atoms with Crippen LogP contribution in [0.1, 0.15) is 30.0 Å². The van der Waals surface area contributed by atoms with Crippen molar-refractivity contribution in [1.82, 2.24) is 4.98 Å². The van der Waals surface area contributed by atoms with Crippen LogP contribution in [-0.4, -0.2) is 17.6 Å². The molecule has 0 spiro atoms. The monoisotopic (exact) mass is 322 g/mol. The van der Waals surface area contributed by atoms with Gasteiger partial charge in [0.05, 0.1) is 23.6 Å². The highest BCUT2D eigenvalue weighted by Gasteiger charge is 2.22. The Morgan fingerprint density at radius 1 is 1.21 bits per heavy atom. The number of hydrogen-bond acceptors (Lipinski definition) is 4. The Morgan fingerprint density at radius 3 is 2.54 bits per heavy atom. The largest absolute Gasteiger partial charge is 0.462 e. The predicted molar refractivity (Wildman–Crippen MR) is 95.8 cm³/mol. The fraction of sp³-hybridized carbons (Fsp3) is 0.300. The summed E-state index contributed by atoms with van der Waals surface area (Å²) in [5, 5.41) is 3.37. The third-order valence-electron chi connectivity index (χ3n) is 4.33. The maximum atomic E-state index is 11.8. The van der Waals surface area contributed by atoms with Crippen LogP contribution < -0.4 is 5.32 Å². The Labute approximate surface area is 142 Å². The molecule has 24 heavy (non-hydrogen) atoms. The number of anilines is 1. The lowest BCUT2D eigenvalue weighted by atomic mass is 9.96. The smallest absolute Gasteiger partial charge is 0.335 e. The number of aromatic nitrogens is 1. The van der Waals surface area contributed by atoms with Gasteiger partial charge >= 0.3 is 5.97 Å². The minimum atomic E-state index is -0.229. The molecule has 0 saturated carbocycles.